The van der Waals surface area contributed by atoms with Crippen molar-refractivity contribution in [1.29, 1.82) is 0 Å². The Balaban J connectivity index is 2.17. The molecule has 0 aromatic carbocycles. The second-order valence-corrected chi connectivity index (χ2v) is 4.67. The van der Waals surface area contributed by atoms with Gasteiger partial charge in [-0.3, -0.25) is 4.79 Å². The summed E-state index contributed by atoms with van der Waals surface area (Å²) in [6.45, 7) is 0.451. The molecule has 0 saturated carbocycles. The average molecular weight is 264 g/mol. The Hall–Kier alpha value is -2.18. The third kappa shape index (κ3) is 2.64. The molecule has 1 aromatic heterocycles. The van der Waals surface area contributed by atoms with Gasteiger partial charge in [0, 0.05) is 20.6 Å². The number of carbonyl (C=O) groups excluding carboxylic acids is 1. The smallest absolute Gasteiger partial charge is 0.326 e. The Bertz CT molecular complexity index is 486. The van der Waals surface area contributed by atoms with Gasteiger partial charge in [0.25, 0.3) is 5.91 Å². The first-order valence-corrected chi connectivity index (χ1v) is 6.05. The minimum atomic E-state index is -0.969. The highest BCUT2D eigenvalue weighted by molar-refractivity contribution is 5.95. The van der Waals surface area contributed by atoms with Crippen LogP contribution >= 0.6 is 0 Å². The van der Waals surface area contributed by atoms with Crippen molar-refractivity contribution >= 4 is 17.7 Å². The summed E-state index contributed by atoms with van der Waals surface area (Å²) in [4.78, 5) is 26.4. The number of anilines is 1. The molecule has 0 spiro atoms. The molecule has 2 heterocycles. The number of nitrogens with zero attached hydrogens (tertiary/aromatic N) is 4. The summed E-state index contributed by atoms with van der Waals surface area (Å²) >= 11 is 0. The van der Waals surface area contributed by atoms with Gasteiger partial charge < -0.3 is 14.9 Å². The van der Waals surface area contributed by atoms with Gasteiger partial charge in [-0.25, -0.2) is 4.79 Å². The Labute approximate surface area is 110 Å². The molecule has 0 unspecified atom stereocenters. The van der Waals surface area contributed by atoms with E-state index in [2.05, 4.69) is 10.2 Å². The molecule has 0 aliphatic carbocycles. The van der Waals surface area contributed by atoms with Crippen LogP contribution in [0.25, 0.3) is 0 Å². The highest BCUT2D eigenvalue weighted by atomic mass is 16.4. The van der Waals surface area contributed by atoms with Crippen LogP contribution in [0.1, 0.15) is 23.3 Å². The molecule has 1 aliphatic heterocycles. The van der Waals surface area contributed by atoms with E-state index in [1.165, 1.54) is 4.90 Å². The first kappa shape index (κ1) is 13.3. The number of amides is 1. The molecule has 1 aromatic rings. The second-order valence-electron chi connectivity index (χ2n) is 4.67. The van der Waals surface area contributed by atoms with Crippen molar-refractivity contribution in [3.63, 3.8) is 0 Å². The lowest BCUT2D eigenvalue weighted by molar-refractivity contribution is -0.141. The number of hydrogen-bond donors (Lipinski definition) is 1. The number of likely N-dealkylation sites (tertiary alicyclic amines) is 1. The molecule has 1 fully saturated rings. The van der Waals surface area contributed by atoms with Crippen LogP contribution in [0.15, 0.2) is 12.1 Å². The topological polar surface area (TPSA) is 86.6 Å². The van der Waals surface area contributed by atoms with E-state index in [0.29, 0.717) is 25.2 Å². The summed E-state index contributed by atoms with van der Waals surface area (Å²) < 4.78 is 0. The number of carboxylic acid groups (broad SMARTS) is 1. The highest BCUT2D eigenvalue weighted by Gasteiger charge is 2.35. The minimum absolute atomic E-state index is 0.179. The van der Waals surface area contributed by atoms with Gasteiger partial charge in [-0.2, -0.15) is 0 Å². The van der Waals surface area contributed by atoms with E-state index in [0.717, 1.165) is 0 Å². The molecule has 102 valence electrons. The van der Waals surface area contributed by atoms with Crippen LogP contribution in [-0.4, -0.2) is 58.8 Å². The zero-order valence-electron chi connectivity index (χ0n) is 10.9. The first-order valence-electron chi connectivity index (χ1n) is 6.05. The van der Waals surface area contributed by atoms with Crippen LogP contribution in [-0.2, 0) is 4.79 Å². The van der Waals surface area contributed by atoms with Crippen molar-refractivity contribution in [2.24, 2.45) is 0 Å². The van der Waals surface area contributed by atoms with Crippen molar-refractivity contribution in [2.75, 3.05) is 25.5 Å². The second kappa shape index (κ2) is 5.21. The maximum absolute atomic E-state index is 12.2. The maximum atomic E-state index is 12.2. The van der Waals surface area contributed by atoms with Crippen LogP contribution in [0.4, 0.5) is 5.82 Å². The standard InChI is InChI=1S/C12H16N4O3/c1-15(2)10-6-5-8(13-14-10)11(17)16-7-3-4-9(16)12(18)19/h5-6,9H,3-4,7H2,1-2H3,(H,18,19)/t9-/m0/s1. The quantitative estimate of drug-likeness (QED) is 0.841. The molecule has 19 heavy (non-hydrogen) atoms. The maximum Gasteiger partial charge on any atom is 0.326 e. The van der Waals surface area contributed by atoms with E-state index in [9.17, 15) is 9.59 Å². The molecular formula is C12H16N4O3. The molecule has 1 aliphatic rings. The van der Waals surface area contributed by atoms with Crippen LogP contribution in [0.5, 0.6) is 0 Å². The highest BCUT2D eigenvalue weighted by Crippen LogP contribution is 2.19. The van der Waals surface area contributed by atoms with E-state index in [1.807, 2.05) is 14.1 Å². The van der Waals surface area contributed by atoms with Gasteiger partial charge in [-0.05, 0) is 25.0 Å². The molecule has 1 atom stereocenters. The summed E-state index contributed by atoms with van der Waals surface area (Å²) in [5.74, 6) is -0.695. The first-order chi connectivity index (χ1) is 9.00. The van der Waals surface area contributed by atoms with Crippen LogP contribution < -0.4 is 4.90 Å². The molecule has 2 rings (SSSR count). The lowest BCUT2D eigenvalue weighted by Crippen LogP contribution is -2.40. The fourth-order valence-corrected chi connectivity index (χ4v) is 2.09. The summed E-state index contributed by atoms with van der Waals surface area (Å²) in [7, 11) is 3.65. The van der Waals surface area contributed by atoms with Gasteiger partial charge >= 0.3 is 5.97 Å². The lowest BCUT2D eigenvalue weighted by atomic mass is 10.2. The SMILES string of the molecule is CN(C)c1ccc(C(=O)N2CCC[C@H]2C(=O)O)nn1. The predicted molar refractivity (Wildman–Crippen MR) is 68.1 cm³/mol. The van der Waals surface area contributed by atoms with Gasteiger partial charge in [-0.1, -0.05) is 0 Å². The molecule has 7 heteroatoms. The van der Waals surface area contributed by atoms with Gasteiger partial charge in [0.15, 0.2) is 11.5 Å². The fourth-order valence-electron chi connectivity index (χ4n) is 2.09. The number of rotatable bonds is 3. The third-order valence-electron chi connectivity index (χ3n) is 3.13. The molecule has 0 bridgehead atoms. The van der Waals surface area contributed by atoms with Crippen LogP contribution in [0, 0.1) is 0 Å². The summed E-state index contributed by atoms with van der Waals surface area (Å²) in [5, 5.41) is 16.8. The summed E-state index contributed by atoms with van der Waals surface area (Å²) in [6, 6.07) is 2.51. The normalized spacial score (nSPS) is 18.4. The average Bonchev–Trinajstić information content (AvgIpc) is 2.87. The third-order valence-corrected chi connectivity index (χ3v) is 3.13. The Morgan fingerprint density at radius 2 is 2.11 bits per heavy atom. The molecule has 7 nitrogen and oxygen atoms in total. The summed E-state index contributed by atoms with van der Waals surface area (Å²) in [5.41, 5.74) is 0.179. The van der Waals surface area contributed by atoms with E-state index in [4.69, 9.17) is 5.11 Å². The zero-order valence-corrected chi connectivity index (χ0v) is 10.9. The lowest BCUT2D eigenvalue weighted by Gasteiger charge is -2.20. The van der Waals surface area contributed by atoms with Gasteiger partial charge in [0.1, 0.15) is 6.04 Å². The van der Waals surface area contributed by atoms with E-state index < -0.39 is 12.0 Å². The summed E-state index contributed by atoms with van der Waals surface area (Å²) in [6.07, 6.45) is 1.19. The van der Waals surface area contributed by atoms with E-state index >= 15 is 0 Å². The van der Waals surface area contributed by atoms with Crippen LogP contribution in [0.3, 0.4) is 0 Å². The molecule has 0 radical (unpaired) electrons. The fraction of sp³-hybridized carbons (Fsp3) is 0.500. The van der Waals surface area contributed by atoms with Gasteiger partial charge in [-0.15, -0.1) is 10.2 Å². The molecular weight excluding hydrogens is 248 g/mol. The largest absolute Gasteiger partial charge is 0.480 e. The van der Waals surface area contributed by atoms with E-state index in [1.54, 1.807) is 17.0 Å². The van der Waals surface area contributed by atoms with Crippen molar-refractivity contribution in [2.45, 2.75) is 18.9 Å². The number of aliphatic carboxylic acids is 1. The predicted octanol–water partition coefficient (Wildman–Crippen LogP) is 0.232. The van der Waals surface area contributed by atoms with Crippen molar-refractivity contribution in [1.82, 2.24) is 15.1 Å². The monoisotopic (exact) mass is 264 g/mol. The number of aromatic nitrogens is 2. The Kier molecular flexibility index (Phi) is 3.64. The van der Waals surface area contributed by atoms with Gasteiger partial charge in [0.2, 0.25) is 0 Å². The van der Waals surface area contributed by atoms with E-state index in [-0.39, 0.29) is 11.6 Å². The minimum Gasteiger partial charge on any atom is -0.480 e. The number of hydrogen-bond acceptors (Lipinski definition) is 5. The number of carbonyl (C=O) groups is 2. The van der Waals surface area contributed by atoms with Crippen molar-refractivity contribution < 1.29 is 14.7 Å². The van der Waals surface area contributed by atoms with Gasteiger partial charge in [0.05, 0.1) is 0 Å². The Morgan fingerprint density at radius 3 is 2.63 bits per heavy atom. The zero-order chi connectivity index (χ0) is 14.0. The van der Waals surface area contributed by atoms with Crippen molar-refractivity contribution in [3.8, 4) is 0 Å². The molecule has 1 saturated heterocycles. The Morgan fingerprint density at radius 1 is 1.37 bits per heavy atom. The molecule has 1 N–H and O–H groups in total. The van der Waals surface area contributed by atoms with Crippen LogP contribution in [0.2, 0.25) is 0 Å². The molecule has 1 amide bonds. The number of carboxylic acids is 1. The van der Waals surface area contributed by atoms with Crippen molar-refractivity contribution in [3.05, 3.63) is 17.8 Å².